The fourth-order valence-corrected chi connectivity index (χ4v) is 1.78. The van der Waals surface area contributed by atoms with Gasteiger partial charge in [0.2, 0.25) is 0 Å². The van der Waals surface area contributed by atoms with Crippen LogP contribution in [0.3, 0.4) is 0 Å². The number of methoxy groups -OCH3 is 2. The maximum absolute atomic E-state index is 9.57. The van der Waals surface area contributed by atoms with Crippen molar-refractivity contribution in [1.82, 2.24) is 0 Å². The van der Waals surface area contributed by atoms with Gasteiger partial charge in [-0.2, -0.15) is 0 Å². The van der Waals surface area contributed by atoms with Crippen LogP contribution >= 0.6 is 0 Å². The second kappa shape index (κ2) is 6.26. The van der Waals surface area contributed by atoms with E-state index in [1.165, 1.54) is 12.8 Å². The molecule has 0 aliphatic heterocycles. The van der Waals surface area contributed by atoms with Gasteiger partial charge in [-0.05, 0) is 18.9 Å². The third kappa shape index (κ3) is 3.05. The Morgan fingerprint density at radius 3 is 2.44 bits per heavy atom. The molecule has 0 unspecified atom stereocenters. The van der Waals surface area contributed by atoms with Crippen molar-refractivity contribution in [2.24, 2.45) is 0 Å². The van der Waals surface area contributed by atoms with Gasteiger partial charge in [0.25, 0.3) is 0 Å². The first-order valence-corrected chi connectivity index (χ1v) is 5.66. The van der Waals surface area contributed by atoms with E-state index in [1.807, 2.05) is 0 Å². The van der Waals surface area contributed by atoms with Crippen LogP contribution in [0.25, 0.3) is 0 Å². The standard InChI is InChI=1S/C13H20O3/c1-4-5-6-7-10-8-11(14)9-12(15-2)13(10)16-3/h8-9,14H,4-7H2,1-3H3. The van der Waals surface area contributed by atoms with Crippen molar-refractivity contribution < 1.29 is 14.6 Å². The van der Waals surface area contributed by atoms with Crippen molar-refractivity contribution in [2.75, 3.05) is 14.2 Å². The second-order valence-electron chi connectivity index (χ2n) is 3.80. The number of phenolic OH excluding ortho intramolecular Hbond substituents is 1. The molecule has 3 heteroatoms. The number of hydrogen-bond donors (Lipinski definition) is 1. The Balaban J connectivity index is 2.91. The Labute approximate surface area is 97.0 Å². The van der Waals surface area contributed by atoms with E-state index in [9.17, 15) is 5.11 Å². The molecule has 1 aromatic rings. The lowest BCUT2D eigenvalue weighted by Gasteiger charge is -2.13. The number of benzene rings is 1. The number of phenols is 1. The number of hydrogen-bond acceptors (Lipinski definition) is 3. The molecule has 0 aliphatic carbocycles. The normalized spacial score (nSPS) is 10.2. The zero-order valence-electron chi connectivity index (χ0n) is 10.2. The number of aryl methyl sites for hydroxylation is 1. The summed E-state index contributed by atoms with van der Waals surface area (Å²) in [5, 5.41) is 9.57. The van der Waals surface area contributed by atoms with Gasteiger partial charge in [0.05, 0.1) is 14.2 Å². The van der Waals surface area contributed by atoms with Gasteiger partial charge < -0.3 is 14.6 Å². The molecule has 0 fully saturated rings. The van der Waals surface area contributed by atoms with Crippen molar-refractivity contribution in [3.63, 3.8) is 0 Å². The summed E-state index contributed by atoms with van der Waals surface area (Å²) in [6, 6.07) is 3.32. The topological polar surface area (TPSA) is 38.7 Å². The van der Waals surface area contributed by atoms with E-state index < -0.39 is 0 Å². The third-order valence-corrected chi connectivity index (χ3v) is 2.59. The van der Waals surface area contributed by atoms with Crippen molar-refractivity contribution >= 4 is 0 Å². The minimum absolute atomic E-state index is 0.226. The molecule has 1 rings (SSSR count). The van der Waals surface area contributed by atoms with Gasteiger partial charge in [0.1, 0.15) is 5.75 Å². The fraction of sp³-hybridized carbons (Fsp3) is 0.538. The SMILES string of the molecule is CCCCCc1cc(O)cc(OC)c1OC. The molecular formula is C13H20O3. The molecule has 0 atom stereocenters. The van der Waals surface area contributed by atoms with Crippen LogP contribution in [-0.2, 0) is 6.42 Å². The van der Waals surface area contributed by atoms with E-state index in [2.05, 4.69) is 6.92 Å². The van der Waals surface area contributed by atoms with Crippen LogP contribution in [0.15, 0.2) is 12.1 Å². The van der Waals surface area contributed by atoms with E-state index in [0.717, 1.165) is 24.2 Å². The largest absolute Gasteiger partial charge is 0.508 e. The highest BCUT2D eigenvalue weighted by atomic mass is 16.5. The quantitative estimate of drug-likeness (QED) is 0.754. The molecule has 16 heavy (non-hydrogen) atoms. The second-order valence-corrected chi connectivity index (χ2v) is 3.80. The molecule has 0 amide bonds. The number of aromatic hydroxyl groups is 1. The molecule has 0 aromatic heterocycles. The highest BCUT2D eigenvalue weighted by Crippen LogP contribution is 2.35. The number of rotatable bonds is 6. The molecule has 0 bridgehead atoms. The van der Waals surface area contributed by atoms with Crippen molar-refractivity contribution in [3.05, 3.63) is 17.7 Å². The summed E-state index contributed by atoms with van der Waals surface area (Å²) >= 11 is 0. The van der Waals surface area contributed by atoms with Gasteiger partial charge in [-0.15, -0.1) is 0 Å². The molecule has 0 heterocycles. The molecule has 90 valence electrons. The first-order valence-electron chi connectivity index (χ1n) is 5.66. The van der Waals surface area contributed by atoms with Crippen LogP contribution in [0.4, 0.5) is 0 Å². The van der Waals surface area contributed by atoms with Gasteiger partial charge in [0.15, 0.2) is 11.5 Å². The predicted molar refractivity (Wildman–Crippen MR) is 64.4 cm³/mol. The Bertz CT molecular complexity index is 334. The van der Waals surface area contributed by atoms with Crippen molar-refractivity contribution in [1.29, 1.82) is 0 Å². The zero-order chi connectivity index (χ0) is 12.0. The van der Waals surface area contributed by atoms with Crippen LogP contribution in [0, 0.1) is 0 Å². The lowest BCUT2D eigenvalue weighted by Crippen LogP contribution is -1.96. The average molecular weight is 224 g/mol. The highest BCUT2D eigenvalue weighted by Gasteiger charge is 2.11. The van der Waals surface area contributed by atoms with Gasteiger partial charge in [0, 0.05) is 11.6 Å². The Morgan fingerprint density at radius 2 is 1.88 bits per heavy atom. The lowest BCUT2D eigenvalue weighted by atomic mass is 10.1. The van der Waals surface area contributed by atoms with E-state index in [1.54, 1.807) is 26.4 Å². The minimum Gasteiger partial charge on any atom is -0.508 e. The summed E-state index contributed by atoms with van der Waals surface area (Å²) in [6.07, 6.45) is 4.36. The number of unbranched alkanes of at least 4 members (excludes halogenated alkanes) is 2. The first-order chi connectivity index (χ1) is 7.72. The van der Waals surface area contributed by atoms with Crippen LogP contribution in [0.1, 0.15) is 31.7 Å². The molecular weight excluding hydrogens is 204 g/mol. The highest BCUT2D eigenvalue weighted by molar-refractivity contribution is 5.51. The van der Waals surface area contributed by atoms with Gasteiger partial charge in [-0.3, -0.25) is 0 Å². The minimum atomic E-state index is 0.226. The van der Waals surface area contributed by atoms with Crippen LogP contribution in [0.5, 0.6) is 17.2 Å². The zero-order valence-corrected chi connectivity index (χ0v) is 10.2. The fourth-order valence-electron chi connectivity index (χ4n) is 1.78. The molecule has 1 aromatic carbocycles. The summed E-state index contributed by atoms with van der Waals surface area (Å²) in [5.74, 6) is 1.55. The predicted octanol–water partition coefficient (Wildman–Crippen LogP) is 3.14. The average Bonchev–Trinajstić information content (AvgIpc) is 2.28. The Kier molecular flexibility index (Phi) is 4.96. The monoisotopic (exact) mass is 224 g/mol. The van der Waals surface area contributed by atoms with Crippen molar-refractivity contribution in [2.45, 2.75) is 32.6 Å². The summed E-state index contributed by atoms with van der Waals surface area (Å²) in [7, 11) is 3.20. The van der Waals surface area contributed by atoms with E-state index >= 15 is 0 Å². The van der Waals surface area contributed by atoms with Gasteiger partial charge >= 0.3 is 0 Å². The molecule has 0 spiro atoms. The molecule has 1 N–H and O–H groups in total. The summed E-state index contributed by atoms with van der Waals surface area (Å²) in [6.45, 7) is 2.17. The number of ether oxygens (including phenoxy) is 2. The van der Waals surface area contributed by atoms with E-state index in [-0.39, 0.29) is 5.75 Å². The lowest BCUT2D eigenvalue weighted by molar-refractivity contribution is 0.347. The maximum atomic E-state index is 9.57. The Morgan fingerprint density at radius 1 is 1.12 bits per heavy atom. The summed E-state index contributed by atoms with van der Waals surface area (Å²) < 4.78 is 10.5. The molecule has 0 radical (unpaired) electrons. The van der Waals surface area contributed by atoms with Crippen LogP contribution in [-0.4, -0.2) is 19.3 Å². The van der Waals surface area contributed by atoms with E-state index in [4.69, 9.17) is 9.47 Å². The third-order valence-electron chi connectivity index (χ3n) is 2.59. The summed E-state index contributed by atoms with van der Waals surface area (Å²) in [5.41, 5.74) is 1.01. The van der Waals surface area contributed by atoms with Gasteiger partial charge in [-0.25, -0.2) is 0 Å². The van der Waals surface area contributed by atoms with Crippen LogP contribution < -0.4 is 9.47 Å². The van der Waals surface area contributed by atoms with E-state index in [0.29, 0.717) is 5.75 Å². The van der Waals surface area contributed by atoms with Crippen molar-refractivity contribution in [3.8, 4) is 17.2 Å². The molecule has 3 nitrogen and oxygen atoms in total. The summed E-state index contributed by atoms with van der Waals surface area (Å²) in [4.78, 5) is 0. The van der Waals surface area contributed by atoms with Crippen LogP contribution in [0.2, 0.25) is 0 Å². The molecule has 0 saturated heterocycles. The Hall–Kier alpha value is -1.38. The molecule has 0 aliphatic rings. The molecule has 0 saturated carbocycles. The van der Waals surface area contributed by atoms with Gasteiger partial charge in [-0.1, -0.05) is 19.8 Å². The maximum Gasteiger partial charge on any atom is 0.164 e. The first kappa shape index (κ1) is 12.7. The smallest absolute Gasteiger partial charge is 0.164 e.